The topological polar surface area (TPSA) is 55.5 Å². The van der Waals surface area contributed by atoms with E-state index in [1.54, 1.807) is 13.0 Å². The number of aliphatic hydroxyl groups excluding tert-OH is 1. The highest BCUT2D eigenvalue weighted by molar-refractivity contribution is 5.46. The van der Waals surface area contributed by atoms with E-state index in [0.29, 0.717) is 24.3 Å². The van der Waals surface area contributed by atoms with Gasteiger partial charge in [0, 0.05) is 5.54 Å². The van der Waals surface area contributed by atoms with Crippen LogP contribution in [0.3, 0.4) is 0 Å². The highest BCUT2D eigenvalue weighted by atomic mass is 19.4. The summed E-state index contributed by atoms with van der Waals surface area (Å²) in [7, 11) is 0. The zero-order valence-electron chi connectivity index (χ0n) is 18.6. The van der Waals surface area contributed by atoms with E-state index in [1.807, 2.05) is 0 Å². The number of hydrogen-bond donors (Lipinski definition) is 2. The second kappa shape index (κ2) is 8.34. The molecule has 3 nitrogen and oxygen atoms in total. The maximum Gasteiger partial charge on any atom is 0.419 e. The summed E-state index contributed by atoms with van der Waals surface area (Å²) in [5.74, 6) is 0.504. The van der Waals surface area contributed by atoms with Gasteiger partial charge in [-0.2, -0.15) is 13.2 Å². The Morgan fingerprint density at radius 3 is 2.13 bits per heavy atom. The summed E-state index contributed by atoms with van der Waals surface area (Å²) in [5.41, 5.74) is 6.48. The van der Waals surface area contributed by atoms with Gasteiger partial charge in [-0.15, -0.1) is 0 Å². The number of nitrogens with two attached hydrogens (primary N) is 1. The summed E-state index contributed by atoms with van der Waals surface area (Å²) in [6.45, 7) is 8.25. The van der Waals surface area contributed by atoms with Gasteiger partial charge in [0.2, 0.25) is 0 Å². The first-order valence-corrected chi connectivity index (χ1v) is 11.1. The van der Waals surface area contributed by atoms with Gasteiger partial charge in [-0.05, 0) is 92.4 Å². The lowest BCUT2D eigenvalue weighted by atomic mass is 9.72. The van der Waals surface area contributed by atoms with Crippen LogP contribution in [0.2, 0.25) is 0 Å². The molecule has 2 atom stereocenters. The van der Waals surface area contributed by atoms with Crippen molar-refractivity contribution >= 4 is 0 Å². The van der Waals surface area contributed by atoms with Gasteiger partial charge in [0.25, 0.3) is 0 Å². The van der Waals surface area contributed by atoms with E-state index < -0.39 is 17.3 Å². The van der Waals surface area contributed by atoms with Gasteiger partial charge in [0.15, 0.2) is 0 Å². The van der Waals surface area contributed by atoms with Crippen LogP contribution in [0.25, 0.3) is 0 Å². The summed E-state index contributed by atoms with van der Waals surface area (Å²) < 4.78 is 47.5. The fourth-order valence-electron chi connectivity index (χ4n) is 5.02. The summed E-state index contributed by atoms with van der Waals surface area (Å²) in [5, 5.41) is 9.55. The van der Waals surface area contributed by atoms with Gasteiger partial charge in [-0.3, -0.25) is 0 Å². The Morgan fingerprint density at radius 1 is 0.967 bits per heavy atom. The van der Waals surface area contributed by atoms with Crippen molar-refractivity contribution in [1.29, 1.82) is 0 Å². The number of aliphatic hydroxyl groups is 1. The van der Waals surface area contributed by atoms with Crippen molar-refractivity contribution in [1.82, 2.24) is 0 Å². The van der Waals surface area contributed by atoms with Crippen LogP contribution in [0.1, 0.15) is 76.5 Å². The zero-order chi connectivity index (χ0) is 22.3. The minimum Gasteiger partial charge on any atom is -0.490 e. The van der Waals surface area contributed by atoms with Crippen molar-refractivity contribution in [2.75, 3.05) is 6.61 Å². The molecule has 0 radical (unpaired) electrons. The van der Waals surface area contributed by atoms with E-state index in [4.69, 9.17) is 10.5 Å². The van der Waals surface area contributed by atoms with Crippen molar-refractivity contribution in [3.63, 3.8) is 0 Å². The number of hydrogen-bond acceptors (Lipinski definition) is 3. The quantitative estimate of drug-likeness (QED) is 0.667. The third-order valence-corrected chi connectivity index (χ3v) is 7.30. The maximum absolute atomic E-state index is 13.8. The molecule has 170 valence electrons. The molecule has 1 aromatic carbocycles. The lowest BCUT2D eigenvalue weighted by Crippen LogP contribution is -2.49. The van der Waals surface area contributed by atoms with Crippen LogP contribution >= 0.6 is 0 Å². The third-order valence-electron chi connectivity index (χ3n) is 7.30. The van der Waals surface area contributed by atoms with E-state index in [9.17, 15) is 18.3 Å². The van der Waals surface area contributed by atoms with Crippen LogP contribution < -0.4 is 10.5 Å². The zero-order valence-corrected chi connectivity index (χ0v) is 18.6. The molecule has 1 aromatic rings. The standard InChI is InChI=1S/C24H36F3NO2/c1-22(2,3)17-7-9-19(10-8-17)30-21-13-15-5-6-18(23(4,28)14-29)11-16(15)12-20(21)24(25,26)27/h12-13,17-19,29H,5-11,14,28H2,1-4H3. The van der Waals surface area contributed by atoms with Crippen LogP contribution in [-0.2, 0) is 19.0 Å². The van der Waals surface area contributed by atoms with Gasteiger partial charge >= 0.3 is 6.18 Å². The molecule has 0 saturated heterocycles. The molecule has 0 spiro atoms. The SMILES string of the molecule is CC(C)(C)C1CCC(Oc2cc3c(cc2C(F)(F)F)CC(C(C)(N)CO)CC3)CC1. The summed E-state index contributed by atoms with van der Waals surface area (Å²) in [6.07, 6.45) is 0.768. The monoisotopic (exact) mass is 427 g/mol. The Morgan fingerprint density at radius 2 is 1.60 bits per heavy atom. The summed E-state index contributed by atoms with van der Waals surface area (Å²) in [6, 6.07) is 2.86. The molecule has 30 heavy (non-hydrogen) atoms. The van der Waals surface area contributed by atoms with E-state index >= 15 is 0 Å². The Hall–Kier alpha value is -1.27. The minimum absolute atomic E-state index is 0.0309. The lowest BCUT2D eigenvalue weighted by Gasteiger charge is -2.38. The maximum atomic E-state index is 13.8. The van der Waals surface area contributed by atoms with E-state index in [1.165, 1.54) is 6.07 Å². The second-order valence-corrected chi connectivity index (χ2v) is 10.7. The van der Waals surface area contributed by atoms with E-state index in [0.717, 1.165) is 37.7 Å². The Bertz CT molecular complexity index is 744. The summed E-state index contributed by atoms with van der Waals surface area (Å²) >= 11 is 0. The number of alkyl halides is 3. The Balaban J connectivity index is 1.81. The summed E-state index contributed by atoms with van der Waals surface area (Å²) in [4.78, 5) is 0. The molecule has 0 amide bonds. The lowest BCUT2D eigenvalue weighted by molar-refractivity contribution is -0.139. The fraction of sp³-hybridized carbons (Fsp3) is 0.750. The number of aryl methyl sites for hydroxylation is 1. The molecule has 3 rings (SSSR count). The normalized spacial score (nSPS) is 27.3. The smallest absolute Gasteiger partial charge is 0.419 e. The van der Waals surface area contributed by atoms with Gasteiger partial charge < -0.3 is 15.6 Å². The largest absolute Gasteiger partial charge is 0.490 e. The molecular weight excluding hydrogens is 391 g/mol. The first-order chi connectivity index (χ1) is 13.8. The average molecular weight is 428 g/mol. The highest BCUT2D eigenvalue weighted by Gasteiger charge is 2.39. The second-order valence-electron chi connectivity index (χ2n) is 10.7. The van der Waals surface area contributed by atoms with Crippen molar-refractivity contribution in [3.8, 4) is 5.75 Å². The van der Waals surface area contributed by atoms with Crippen molar-refractivity contribution in [2.24, 2.45) is 23.0 Å². The number of fused-ring (bicyclic) bond motifs is 1. The van der Waals surface area contributed by atoms with Crippen LogP contribution in [0.4, 0.5) is 13.2 Å². The first-order valence-electron chi connectivity index (χ1n) is 11.1. The predicted molar refractivity (Wildman–Crippen MR) is 112 cm³/mol. The van der Waals surface area contributed by atoms with Gasteiger partial charge in [0.1, 0.15) is 5.75 Å². The number of ether oxygens (including phenoxy) is 1. The molecule has 0 aromatic heterocycles. The third kappa shape index (κ3) is 5.13. The van der Waals surface area contributed by atoms with Gasteiger partial charge in [-0.1, -0.05) is 20.8 Å². The predicted octanol–water partition coefficient (Wildman–Crippen LogP) is 5.50. The molecule has 3 N–H and O–H groups in total. The van der Waals surface area contributed by atoms with Crippen molar-refractivity contribution in [2.45, 2.75) is 90.5 Å². The molecular formula is C24H36F3NO2. The van der Waals surface area contributed by atoms with Crippen LogP contribution in [0.15, 0.2) is 12.1 Å². The van der Waals surface area contributed by atoms with E-state index in [2.05, 4.69) is 20.8 Å². The van der Waals surface area contributed by atoms with Crippen LogP contribution in [-0.4, -0.2) is 23.4 Å². The van der Waals surface area contributed by atoms with Gasteiger partial charge in [0.05, 0.1) is 18.3 Å². The van der Waals surface area contributed by atoms with Crippen LogP contribution in [0.5, 0.6) is 5.75 Å². The fourth-order valence-corrected chi connectivity index (χ4v) is 5.02. The molecule has 2 unspecified atom stereocenters. The highest BCUT2D eigenvalue weighted by Crippen LogP contribution is 2.44. The number of halogens is 3. The Labute approximate surface area is 178 Å². The molecule has 0 bridgehead atoms. The molecule has 1 saturated carbocycles. The molecule has 2 aliphatic carbocycles. The van der Waals surface area contributed by atoms with Crippen molar-refractivity contribution < 1.29 is 23.0 Å². The number of rotatable bonds is 4. The van der Waals surface area contributed by atoms with Crippen molar-refractivity contribution in [3.05, 3.63) is 28.8 Å². The van der Waals surface area contributed by atoms with E-state index in [-0.39, 0.29) is 29.8 Å². The number of benzene rings is 1. The van der Waals surface area contributed by atoms with Gasteiger partial charge in [-0.25, -0.2) is 0 Å². The molecule has 1 fully saturated rings. The molecule has 0 heterocycles. The first kappa shape index (κ1) is 23.4. The molecule has 2 aliphatic rings. The molecule has 0 aliphatic heterocycles. The molecule has 6 heteroatoms. The van der Waals surface area contributed by atoms with Crippen LogP contribution in [0, 0.1) is 17.3 Å². The minimum atomic E-state index is -4.47. The Kier molecular flexibility index (Phi) is 6.51. The average Bonchev–Trinajstić information content (AvgIpc) is 2.66.